The van der Waals surface area contributed by atoms with Crippen LogP contribution in [0.4, 0.5) is 4.79 Å². The van der Waals surface area contributed by atoms with Crippen molar-refractivity contribution in [1.82, 2.24) is 15.5 Å². The van der Waals surface area contributed by atoms with Crippen LogP contribution < -0.4 is 10.6 Å². The topological polar surface area (TPSA) is 147 Å². The van der Waals surface area contributed by atoms with Gasteiger partial charge in [-0.3, -0.25) is 9.59 Å². The van der Waals surface area contributed by atoms with E-state index in [-0.39, 0.29) is 31.4 Å². The highest BCUT2D eigenvalue weighted by Crippen LogP contribution is 2.46. The van der Waals surface area contributed by atoms with Gasteiger partial charge in [0.05, 0.1) is 12.8 Å². The van der Waals surface area contributed by atoms with Crippen LogP contribution in [0.25, 0.3) is 0 Å². The molecule has 3 amide bonds. The lowest BCUT2D eigenvalue weighted by molar-refractivity contribution is -0.146. The number of carboxylic acid groups (broad SMARTS) is 1. The fraction of sp³-hybridized carbons (Fsp3) is 0.581. The lowest BCUT2D eigenvalue weighted by atomic mass is 9.85. The minimum atomic E-state index is -1.41. The second-order valence-electron chi connectivity index (χ2n) is 12.6. The van der Waals surface area contributed by atoms with Gasteiger partial charge in [0, 0.05) is 6.42 Å². The first-order valence-corrected chi connectivity index (χ1v) is 14.6. The number of nitrogens with zero attached hydrogens (tertiary/aromatic N) is 2. The highest BCUT2D eigenvalue weighted by Gasteiger charge is 2.62. The van der Waals surface area contributed by atoms with Crippen molar-refractivity contribution in [3.63, 3.8) is 0 Å². The van der Waals surface area contributed by atoms with Crippen molar-refractivity contribution >= 4 is 30.1 Å². The van der Waals surface area contributed by atoms with E-state index in [0.717, 1.165) is 31.2 Å². The van der Waals surface area contributed by atoms with Crippen LogP contribution in [0.15, 0.2) is 48.1 Å². The van der Waals surface area contributed by atoms with E-state index >= 15 is 0 Å². The second-order valence-corrected chi connectivity index (χ2v) is 12.6. The number of carbonyl (C=O) groups excluding carboxylic acids is 3. The minimum absolute atomic E-state index is 0.0329. The third-order valence-electron chi connectivity index (χ3n) is 8.30. The Morgan fingerprint density at radius 2 is 1.86 bits per heavy atom. The van der Waals surface area contributed by atoms with E-state index in [4.69, 9.17) is 9.57 Å². The van der Waals surface area contributed by atoms with Gasteiger partial charge in [-0.1, -0.05) is 62.3 Å². The van der Waals surface area contributed by atoms with Gasteiger partial charge in [-0.2, -0.15) is 0 Å². The molecule has 5 atom stereocenters. The predicted octanol–water partition coefficient (Wildman–Crippen LogP) is 3.63. The van der Waals surface area contributed by atoms with E-state index < -0.39 is 53.0 Å². The number of carbonyl (C=O) groups is 4. The maximum absolute atomic E-state index is 14.1. The molecule has 42 heavy (non-hydrogen) atoms. The molecule has 4 rings (SSSR count). The summed E-state index contributed by atoms with van der Waals surface area (Å²) < 4.78 is 5.56. The number of allylic oxidation sites excluding steroid dienone is 1. The second kappa shape index (κ2) is 13.0. The molecule has 0 aromatic heterocycles. The SMILES string of the molecule is C=CC[C@@H]1C[C@]1(NC(=O)[C@@H]1C[C@@H](O/N=C/c2ccccc2)CN1C(=O)[C@@H](NC(=O)OC1CCCC1)C(C)(C)C)C(=O)O. The van der Waals surface area contributed by atoms with Crippen LogP contribution in [-0.2, 0) is 24.0 Å². The lowest BCUT2D eigenvalue weighted by Gasteiger charge is -2.35. The molecular weight excluding hydrogens is 540 g/mol. The average molecular weight is 583 g/mol. The molecule has 0 unspecified atom stereocenters. The van der Waals surface area contributed by atoms with E-state index in [0.29, 0.717) is 6.42 Å². The smallest absolute Gasteiger partial charge is 0.408 e. The molecule has 2 aliphatic carbocycles. The Morgan fingerprint density at radius 1 is 1.17 bits per heavy atom. The zero-order chi connectivity index (χ0) is 30.5. The monoisotopic (exact) mass is 582 g/mol. The molecule has 0 spiro atoms. The summed E-state index contributed by atoms with van der Waals surface area (Å²) in [7, 11) is 0. The van der Waals surface area contributed by atoms with Gasteiger partial charge < -0.3 is 30.2 Å². The first-order chi connectivity index (χ1) is 19.9. The zero-order valence-electron chi connectivity index (χ0n) is 24.6. The van der Waals surface area contributed by atoms with Crippen molar-refractivity contribution in [2.45, 2.75) is 95.5 Å². The van der Waals surface area contributed by atoms with Crippen molar-refractivity contribution in [1.29, 1.82) is 0 Å². The van der Waals surface area contributed by atoms with Gasteiger partial charge in [-0.05, 0) is 55.4 Å². The molecular formula is C31H42N4O7. The molecule has 2 saturated carbocycles. The molecule has 0 bridgehead atoms. The normalized spacial score (nSPS) is 26.5. The Morgan fingerprint density at radius 3 is 2.48 bits per heavy atom. The molecule has 1 aromatic rings. The fourth-order valence-electron chi connectivity index (χ4n) is 5.79. The molecule has 1 aromatic carbocycles. The first-order valence-electron chi connectivity index (χ1n) is 14.6. The number of oxime groups is 1. The number of aliphatic carboxylic acids is 1. The van der Waals surface area contributed by atoms with Gasteiger partial charge in [-0.15, -0.1) is 6.58 Å². The summed E-state index contributed by atoms with van der Waals surface area (Å²) in [5.41, 5.74) is -1.30. The van der Waals surface area contributed by atoms with Crippen LogP contribution >= 0.6 is 0 Å². The molecule has 3 N–H and O–H groups in total. The Kier molecular flexibility index (Phi) is 9.58. The molecule has 0 radical (unpaired) electrons. The van der Waals surface area contributed by atoms with E-state index in [2.05, 4.69) is 22.4 Å². The number of carboxylic acids is 1. The van der Waals surface area contributed by atoms with Crippen LogP contribution in [0.2, 0.25) is 0 Å². The van der Waals surface area contributed by atoms with E-state index in [1.165, 1.54) is 4.90 Å². The Hall–Kier alpha value is -3.89. The molecule has 1 saturated heterocycles. The van der Waals surface area contributed by atoms with Gasteiger partial charge in [0.25, 0.3) is 0 Å². The zero-order valence-corrected chi connectivity index (χ0v) is 24.6. The van der Waals surface area contributed by atoms with E-state index in [1.807, 2.05) is 51.1 Å². The summed E-state index contributed by atoms with van der Waals surface area (Å²) in [6.45, 7) is 9.17. The maximum Gasteiger partial charge on any atom is 0.408 e. The molecule has 1 aliphatic heterocycles. The van der Waals surface area contributed by atoms with Crippen LogP contribution in [0.1, 0.15) is 71.3 Å². The summed E-state index contributed by atoms with van der Waals surface area (Å²) in [6.07, 6.45) is 6.08. The van der Waals surface area contributed by atoms with E-state index in [1.54, 1.807) is 12.3 Å². The minimum Gasteiger partial charge on any atom is -0.479 e. The highest BCUT2D eigenvalue weighted by molar-refractivity contribution is 5.96. The third kappa shape index (κ3) is 7.30. The van der Waals surface area contributed by atoms with Crippen molar-refractivity contribution in [3.05, 3.63) is 48.6 Å². The predicted molar refractivity (Wildman–Crippen MR) is 156 cm³/mol. The molecule has 3 aliphatic rings. The van der Waals surface area contributed by atoms with Crippen LogP contribution in [0, 0.1) is 11.3 Å². The molecule has 3 fully saturated rings. The number of rotatable bonds is 11. The van der Waals surface area contributed by atoms with Crippen molar-refractivity contribution in [2.75, 3.05) is 6.54 Å². The number of nitrogens with one attached hydrogen (secondary N) is 2. The molecule has 1 heterocycles. The highest BCUT2D eigenvalue weighted by atomic mass is 16.6. The molecule has 11 heteroatoms. The van der Waals surface area contributed by atoms with Crippen LogP contribution in [0.3, 0.4) is 0 Å². The lowest BCUT2D eigenvalue weighted by Crippen LogP contribution is -2.59. The van der Waals surface area contributed by atoms with Crippen molar-refractivity contribution in [2.24, 2.45) is 16.5 Å². The Balaban J connectivity index is 1.53. The van der Waals surface area contributed by atoms with Crippen molar-refractivity contribution in [3.8, 4) is 0 Å². The van der Waals surface area contributed by atoms with Gasteiger partial charge in [0.15, 0.2) is 0 Å². The third-order valence-corrected chi connectivity index (χ3v) is 8.30. The number of alkyl carbamates (subject to hydrolysis) is 1. The Labute approximate surface area is 246 Å². The number of likely N-dealkylation sites (tertiary alicyclic amines) is 1. The van der Waals surface area contributed by atoms with E-state index in [9.17, 15) is 24.3 Å². The number of amides is 3. The van der Waals surface area contributed by atoms with Crippen molar-refractivity contribution < 1.29 is 33.9 Å². The summed E-state index contributed by atoms with van der Waals surface area (Å²) in [4.78, 5) is 59.7. The quantitative estimate of drug-likeness (QED) is 0.205. The average Bonchev–Trinajstić information content (AvgIpc) is 3.25. The number of hydrogen-bond donors (Lipinski definition) is 3. The van der Waals surface area contributed by atoms with Crippen LogP contribution in [-0.4, -0.2) is 76.5 Å². The largest absolute Gasteiger partial charge is 0.479 e. The molecule has 228 valence electrons. The fourth-order valence-corrected chi connectivity index (χ4v) is 5.79. The standard InChI is InChI=1S/C31H42N4O7/c1-5-11-21-17-31(21,28(38)39)34-26(36)24-16-23(42-32-18-20-12-7-6-8-13-20)19-35(24)27(37)25(30(2,3)4)33-29(40)41-22-14-9-10-15-22/h5-8,12-13,18,21-25H,1,9-11,14-17,19H2,2-4H3,(H,33,40)(H,34,36)(H,38,39)/b32-18+/t21-,23-,24+,25-,31-/m1/s1. The molecule has 11 nitrogen and oxygen atoms in total. The van der Waals surface area contributed by atoms with Gasteiger partial charge in [-0.25, -0.2) is 9.59 Å². The van der Waals surface area contributed by atoms with Gasteiger partial charge >= 0.3 is 12.1 Å². The maximum atomic E-state index is 14.1. The van der Waals surface area contributed by atoms with Gasteiger partial charge in [0.1, 0.15) is 29.8 Å². The van der Waals surface area contributed by atoms with Crippen LogP contribution in [0.5, 0.6) is 0 Å². The first kappa shape index (κ1) is 31.1. The number of hydrogen-bond acceptors (Lipinski definition) is 7. The number of ether oxygens (including phenoxy) is 1. The summed E-state index contributed by atoms with van der Waals surface area (Å²) >= 11 is 0. The summed E-state index contributed by atoms with van der Waals surface area (Å²) in [5.74, 6) is -2.47. The Bertz CT molecular complexity index is 1190. The van der Waals surface area contributed by atoms with Gasteiger partial charge in [0.2, 0.25) is 11.8 Å². The number of benzene rings is 1. The summed E-state index contributed by atoms with van der Waals surface area (Å²) in [6, 6.07) is 7.31. The summed E-state index contributed by atoms with van der Waals surface area (Å²) in [5, 5.41) is 19.4.